The number of hydrogen-bond acceptors (Lipinski definition) is 11. The summed E-state index contributed by atoms with van der Waals surface area (Å²) in [6.07, 6.45) is 0.136. The normalized spacial score (nSPS) is 24.6. The summed E-state index contributed by atoms with van der Waals surface area (Å²) in [6.45, 7) is 5.46. The fraction of sp³-hybridized carbons (Fsp3) is 0.818. The van der Waals surface area contributed by atoms with E-state index in [0.717, 1.165) is 38.5 Å². The predicted octanol–water partition coefficient (Wildman–Crippen LogP) is 1.39. The van der Waals surface area contributed by atoms with Gasteiger partial charge in [-0.15, -0.1) is 0 Å². The first-order valence-corrected chi connectivity index (χ1v) is 11.3. The van der Waals surface area contributed by atoms with Gasteiger partial charge in [-0.2, -0.15) is 0 Å². The van der Waals surface area contributed by atoms with Gasteiger partial charge in [0.1, 0.15) is 12.7 Å². The van der Waals surface area contributed by atoms with E-state index >= 15 is 0 Å². The van der Waals surface area contributed by atoms with E-state index in [-0.39, 0.29) is 6.61 Å². The highest BCUT2D eigenvalue weighted by Crippen LogP contribution is 2.30. The molecular formula is C22H37NO10. The lowest BCUT2D eigenvalue weighted by Gasteiger charge is -2.44. The predicted molar refractivity (Wildman–Crippen MR) is 115 cm³/mol. The molecule has 0 aromatic carbocycles. The highest BCUT2D eigenvalue weighted by atomic mass is 16.7. The Balaban J connectivity index is 2.95. The third kappa shape index (κ3) is 11.4. The molecule has 33 heavy (non-hydrogen) atoms. The minimum Gasteiger partial charge on any atom is -0.463 e. The van der Waals surface area contributed by atoms with Gasteiger partial charge in [0, 0.05) is 34.3 Å². The number of rotatable bonds is 14. The molecule has 0 bridgehead atoms. The average Bonchev–Trinajstić information content (AvgIpc) is 2.71. The minimum atomic E-state index is -1.22. The van der Waals surface area contributed by atoms with Gasteiger partial charge >= 0.3 is 23.9 Å². The fourth-order valence-electron chi connectivity index (χ4n) is 3.48. The molecule has 1 saturated heterocycles. The summed E-state index contributed by atoms with van der Waals surface area (Å²) in [6, 6.07) is 0. The monoisotopic (exact) mass is 475 g/mol. The Labute approximate surface area is 194 Å². The van der Waals surface area contributed by atoms with Crippen molar-refractivity contribution < 1.29 is 47.6 Å². The van der Waals surface area contributed by atoms with Crippen molar-refractivity contribution in [3.05, 3.63) is 0 Å². The lowest BCUT2D eigenvalue weighted by atomic mass is 9.98. The molecule has 190 valence electrons. The van der Waals surface area contributed by atoms with Gasteiger partial charge in [0.15, 0.2) is 24.6 Å². The van der Waals surface area contributed by atoms with E-state index in [1.165, 1.54) is 27.7 Å². The number of hydrogen-bond donors (Lipinski definition) is 1. The molecule has 1 rings (SSSR count). The van der Waals surface area contributed by atoms with E-state index in [1.807, 2.05) is 0 Å². The number of carbonyl (C=O) groups is 4. The molecule has 0 radical (unpaired) electrons. The van der Waals surface area contributed by atoms with Crippen molar-refractivity contribution in [2.24, 2.45) is 5.73 Å². The van der Waals surface area contributed by atoms with Crippen molar-refractivity contribution in [1.82, 2.24) is 0 Å². The summed E-state index contributed by atoms with van der Waals surface area (Å²) in [5, 5.41) is 0. The van der Waals surface area contributed by atoms with Crippen LogP contribution in [-0.2, 0) is 47.6 Å². The second-order valence-electron chi connectivity index (χ2n) is 7.85. The standard InChI is InChI=1S/C22H37NO10/c1-14(24)29-13-18-19(30-15(2)25)20(31-16(3)26)21(32-17(4)27)22(33-18)28-12-10-8-6-5-7-9-11-23/h18-22H,5-13,23H2,1-4H3/t18-,19-,20+,21-,22-/m1/s1. The first-order chi connectivity index (χ1) is 15.6. The smallest absolute Gasteiger partial charge is 0.303 e. The topological polar surface area (TPSA) is 150 Å². The van der Waals surface area contributed by atoms with Crippen molar-refractivity contribution in [2.45, 2.75) is 96.9 Å². The SMILES string of the molecule is CC(=O)OC[C@H]1O[C@@H](OCCCCCCCCN)[C@H](OC(C)=O)[C@@H](OC(C)=O)[C@@H]1OC(C)=O. The molecule has 0 aromatic heterocycles. The van der Waals surface area contributed by atoms with Crippen LogP contribution in [0.5, 0.6) is 0 Å². The van der Waals surface area contributed by atoms with Crippen LogP contribution in [0.3, 0.4) is 0 Å². The van der Waals surface area contributed by atoms with Crippen LogP contribution in [0.2, 0.25) is 0 Å². The summed E-state index contributed by atoms with van der Waals surface area (Å²) in [5.41, 5.74) is 5.49. The average molecular weight is 476 g/mol. The van der Waals surface area contributed by atoms with Gasteiger partial charge in [-0.05, 0) is 19.4 Å². The molecule has 1 aliphatic rings. The highest BCUT2D eigenvalue weighted by molar-refractivity contribution is 5.68. The molecule has 1 heterocycles. The molecule has 11 heteroatoms. The first kappa shape index (κ1) is 28.8. The van der Waals surface area contributed by atoms with E-state index < -0.39 is 54.6 Å². The van der Waals surface area contributed by atoms with Crippen molar-refractivity contribution >= 4 is 23.9 Å². The Morgan fingerprint density at radius 2 is 1.21 bits per heavy atom. The van der Waals surface area contributed by atoms with Crippen molar-refractivity contribution in [2.75, 3.05) is 19.8 Å². The van der Waals surface area contributed by atoms with Gasteiger partial charge in [-0.3, -0.25) is 19.2 Å². The largest absolute Gasteiger partial charge is 0.463 e. The molecular weight excluding hydrogens is 438 g/mol. The maximum absolute atomic E-state index is 11.8. The van der Waals surface area contributed by atoms with E-state index in [0.29, 0.717) is 13.2 Å². The summed E-state index contributed by atoms with van der Waals surface area (Å²) in [5.74, 6) is -2.59. The van der Waals surface area contributed by atoms with Crippen molar-refractivity contribution in [3.8, 4) is 0 Å². The molecule has 1 aliphatic heterocycles. The van der Waals surface area contributed by atoms with Gasteiger partial charge in [0.25, 0.3) is 0 Å². The van der Waals surface area contributed by atoms with Crippen molar-refractivity contribution in [3.63, 3.8) is 0 Å². The maximum Gasteiger partial charge on any atom is 0.303 e. The van der Waals surface area contributed by atoms with Crippen LogP contribution in [0.25, 0.3) is 0 Å². The second kappa shape index (κ2) is 15.6. The Kier molecular flexibility index (Phi) is 13.6. The Hall–Kier alpha value is -2.24. The van der Waals surface area contributed by atoms with Gasteiger partial charge in [0.05, 0.1) is 0 Å². The molecule has 0 amide bonds. The molecule has 11 nitrogen and oxygen atoms in total. The van der Waals surface area contributed by atoms with Gasteiger partial charge in [0.2, 0.25) is 0 Å². The zero-order chi connectivity index (χ0) is 24.8. The van der Waals surface area contributed by atoms with Gasteiger partial charge < -0.3 is 34.2 Å². The number of nitrogens with two attached hydrogens (primary N) is 1. The van der Waals surface area contributed by atoms with Gasteiger partial charge in [-0.1, -0.05) is 25.7 Å². The summed E-state index contributed by atoms with van der Waals surface area (Å²) in [4.78, 5) is 46.6. The molecule has 0 spiro atoms. The third-order valence-electron chi connectivity index (χ3n) is 4.83. The van der Waals surface area contributed by atoms with Crippen molar-refractivity contribution in [1.29, 1.82) is 0 Å². The number of ether oxygens (including phenoxy) is 6. The lowest BCUT2D eigenvalue weighted by molar-refractivity contribution is -0.308. The van der Waals surface area contributed by atoms with E-state index in [1.54, 1.807) is 0 Å². The summed E-state index contributed by atoms with van der Waals surface area (Å²) >= 11 is 0. The fourth-order valence-corrected chi connectivity index (χ4v) is 3.48. The number of esters is 4. The van der Waals surface area contributed by atoms with E-state index in [4.69, 9.17) is 34.2 Å². The molecule has 1 fully saturated rings. The Bertz CT molecular complexity index is 641. The zero-order valence-corrected chi connectivity index (χ0v) is 19.9. The van der Waals surface area contributed by atoms with Crippen LogP contribution in [0, 0.1) is 0 Å². The molecule has 2 N–H and O–H groups in total. The van der Waals surface area contributed by atoms with Crippen LogP contribution in [0.4, 0.5) is 0 Å². The molecule has 0 saturated carbocycles. The second-order valence-corrected chi connectivity index (χ2v) is 7.85. The van der Waals surface area contributed by atoms with Crippen LogP contribution in [0.15, 0.2) is 0 Å². The Morgan fingerprint density at radius 3 is 1.76 bits per heavy atom. The van der Waals surface area contributed by atoms with Crippen LogP contribution >= 0.6 is 0 Å². The molecule has 5 atom stereocenters. The molecule has 0 unspecified atom stereocenters. The van der Waals surface area contributed by atoms with E-state index in [2.05, 4.69) is 0 Å². The number of unbranched alkanes of at least 4 members (excludes halogenated alkanes) is 5. The number of carbonyl (C=O) groups excluding carboxylic acids is 4. The van der Waals surface area contributed by atoms with E-state index in [9.17, 15) is 19.2 Å². The highest BCUT2D eigenvalue weighted by Gasteiger charge is 2.52. The molecule has 0 aliphatic carbocycles. The Morgan fingerprint density at radius 1 is 0.697 bits per heavy atom. The van der Waals surface area contributed by atoms with Crippen LogP contribution in [-0.4, -0.2) is 74.3 Å². The first-order valence-electron chi connectivity index (χ1n) is 11.3. The van der Waals surface area contributed by atoms with Crippen LogP contribution < -0.4 is 5.73 Å². The lowest BCUT2D eigenvalue weighted by Crippen LogP contribution is -2.63. The van der Waals surface area contributed by atoms with Gasteiger partial charge in [-0.25, -0.2) is 0 Å². The van der Waals surface area contributed by atoms with Crippen LogP contribution in [0.1, 0.15) is 66.2 Å². The summed E-state index contributed by atoms with van der Waals surface area (Å²) < 4.78 is 32.8. The zero-order valence-electron chi connectivity index (χ0n) is 19.9. The molecule has 0 aromatic rings. The third-order valence-corrected chi connectivity index (χ3v) is 4.83. The minimum absolute atomic E-state index is 0.279. The summed E-state index contributed by atoms with van der Waals surface area (Å²) in [7, 11) is 0. The quantitative estimate of drug-likeness (QED) is 0.220. The maximum atomic E-state index is 11.8.